The summed E-state index contributed by atoms with van der Waals surface area (Å²) in [6.45, 7) is 8.24. The van der Waals surface area contributed by atoms with E-state index in [1.807, 2.05) is 27.7 Å². The molecule has 1 aromatic rings. The van der Waals surface area contributed by atoms with Crippen LogP contribution in [0.3, 0.4) is 0 Å². The Kier molecular flexibility index (Phi) is 5.02. The molecule has 0 aliphatic rings. The molecule has 0 fully saturated rings. The molecule has 0 atom stereocenters. The predicted molar refractivity (Wildman–Crippen MR) is 72.5 cm³/mol. The zero-order chi connectivity index (χ0) is 14.5. The van der Waals surface area contributed by atoms with Crippen molar-refractivity contribution in [2.75, 3.05) is 11.9 Å². The summed E-state index contributed by atoms with van der Waals surface area (Å²) in [4.78, 5) is 18.5. The van der Waals surface area contributed by atoms with Crippen molar-refractivity contribution in [3.8, 4) is 5.88 Å². The van der Waals surface area contributed by atoms with Crippen LogP contribution in [0, 0.1) is 10.1 Å². The van der Waals surface area contributed by atoms with Crippen molar-refractivity contribution in [3.63, 3.8) is 0 Å². The minimum Gasteiger partial charge on any atom is -0.467 e. The van der Waals surface area contributed by atoms with Gasteiger partial charge in [0.25, 0.3) is 5.88 Å². The van der Waals surface area contributed by atoms with Gasteiger partial charge in [-0.1, -0.05) is 13.8 Å². The molecule has 0 aliphatic heterocycles. The van der Waals surface area contributed by atoms with Gasteiger partial charge in [-0.2, -0.15) is 4.98 Å². The van der Waals surface area contributed by atoms with Gasteiger partial charge in [-0.05, 0) is 26.7 Å². The summed E-state index contributed by atoms with van der Waals surface area (Å²) in [6, 6.07) is 0. The number of rotatable bonds is 7. The molecule has 0 spiro atoms. The number of aromatic nitrogens is 2. The number of anilines is 1. The molecule has 106 valence electrons. The lowest BCUT2D eigenvalue weighted by molar-refractivity contribution is -0.385. The highest BCUT2D eigenvalue weighted by molar-refractivity contribution is 5.61. The number of nitrogens with zero attached hydrogens (tertiary/aromatic N) is 3. The van der Waals surface area contributed by atoms with E-state index in [0.717, 1.165) is 6.42 Å². The maximum atomic E-state index is 11.2. The van der Waals surface area contributed by atoms with Crippen LogP contribution in [0.4, 0.5) is 11.5 Å². The second kappa shape index (κ2) is 6.31. The zero-order valence-electron chi connectivity index (χ0n) is 11.8. The molecule has 1 rings (SSSR count). The molecule has 7 nitrogen and oxygen atoms in total. The molecule has 0 amide bonds. The highest BCUT2D eigenvalue weighted by atomic mass is 16.6. The molecule has 0 aliphatic carbocycles. The van der Waals surface area contributed by atoms with Gasteiger partial charge >= 0.3 is 5.69 Å². The lowest BCUT2D eigenvalue weighted by atomic mass is 10.1. The highest BCUT2D eigenvalue weighted by Gasteiger charge is 2.28. The van der Waals surface area contributed by atoms with E-state index >= 15 is 0 Å². The summed E-state index contributed by atoms with van der Waals surface area (Å²) in [7, 11) is 0. The minimum absolute atomic E-state index is 0.00505. The van der Waals surface area contributed by atoms with Crippen molar-refractivity contribution in [3.05, 3.63) is 16.4 Å². The smallest absolute Gasteiger partial charge is 0.372 e. The molecule has 0 saturated heterocycles. The summed E-state index contributed by atoms with van der Waals surface area (Å²) in [6.07, 6.45) is 2.83. The Morgan fingerprint density at radius 1 is 1.42 bits per heavy atom. The van der Waals surface area contributed by atoms with E-state index in [2.05, 4.69) is 15.3 Å². The summed E-state index contributed by atoms with van der Waals surface area (Å²) in [5.74, 6) is 0.203. The lowest BCUT2D eigenvalue weighted by Crippen LogP contribution is -2.28. The van der Waals surface area contributed by atoms with E-state index < -0.39 is 10.5 Å². The molecular weight excluding hydrogens is 248 g/mol. The van der Waals surface area contributed by atoms with Gasteiger partial charge in [-0.3, -0.25) is 10.1 Å². The SMILES string of the molecule is CCCNc1ncnc(OC(C)(C)CC)c1[N+](=O)[O-]. The fourth-order valence-corrected chi connectivity index (χ4v) is 1.31. The van der Waals surface area contributed by atoms with E-state index in [9.17, 15) is 10.1 Å². The van der Waals surface area contributed by atoms with Crippen LogP contribution in [0.25, 0.3) is 0 Å². The van der Waals surface area contributed by atoms with Crippen molar-refractivity contribution in [2.45, 2.75) is 46.1 Å². The van der Waals surface area contributed by atoms with Crippen LogP contribution in [0.1, 0.15) is 40.5 Å². The Balaban J connectivity index is 3.13. The van der Waals surface area contributed by atoms with Crippen molar-refractivity contribution in [1.29, 1.82) is 0 Å². The van der Waals surface area contributed by atoms with Gasteiger partial charge in [0.15, 0.2) is 0 Å². The van der Waals surface area contributed by atoms with Crippen molar-refractivity contribution >= 4 is 11.5 Å². The fraction of sp³-hybridized carbons (Fsp3) is 0.667. The first kappa shape index (κ1) is 15.1. The first-order valence-corrected chi connectivity index (χ1v) is 6.33. The standard InChI is InChI=1S/C12H20N4O3/c1-5-7-13-10-9(16(17)18)11(15-8-14-10)19-12(3,4)6-2/h8H,5-7H2,1-4H3,(H,13,14,15). The maximum absolute atomic E-state index is 11.2. The molecule has 0 unspecified atom stereocenters. The fourth-order valence-electron chi connectivity index (χ4n) is 1.31. The Bertz CT molecular complexity index is 449. The van der Waals surface area contributed by atoms with Crippen molar-refractivity contribution < 1.29 is 9.66 Å². The van der Waals surface area contributed by atoms with E-state index in [1.165, 1.54) is 6.33 Å². The van der Waals surface area contributed by atoms with Crippen molar-refractivity contribution in [1.82, 2.24) is 9.97 Å². The van der Waals surface area contributed by atoms with Crippen LogP contribution in [0.15, 0.2) is 6.33 Å². The van der Waals surface area contributed by atoms with Crippen LogP contribution in [-0.4, -0.2) is 27.0 Å². The average molecular weight is 268 g/mol. The van der Waals surface area contributed by atoms with E-state index in [-0.39, 0.29) is 17.4 Å². The number of hydrogen-bond donors (Lipinski definition) is 1. The minimum atomic E-state index is -0.515. The van der Waals surface area contributed by atoms with E-state index in [1.54, 1.807) is 0 Å². The molecule has 1 aromatic heterocycles. The van der Waals surface area contributed by atoms with Crippen LogP contribution >= 0.6 is 0 Å². The quantitative estimate of drug-likeness (QED) is 0.604. The van der Waals surface area contributed by atoms with Crippen LogP contribution in [0.2, 0.25) is 0 Å². The first-order chi connectivity index (χ1) is 8.91. The molecule has 19 heavy (non-hydrogen) atoms. The average Bonchev–Trinajstić information content (AvgIpc) is 2.35. The second-order valence-electron chi connectivity index (χ2n) is 4.78. The third-order valence-corrected chi connectivity index (χ3v) is 2.74. The monoisotopic (exact) mass is 268 g/mol. The Morgan fingerprint density at radius 3 is 2.63 bits per heavy atom. The molecule has 0 bridgehead atoms. The van der Waals surface area contributed by atoms with Crippen molar-refractivity contribution in [2.24, 2.45) is 0 Å². The normalized spacial score (nSPS) is 11.2. The maximum Gasteiger partial charge on any atom is 0.372 e. The summed E-state index contributed by atoms with van der Waals surface area (Å²) < 4.78 is 5.63. The Labute approximate surface area is 112 Å². The van der Waals surface area contributed by atoms with Gasteiger partial charge in [-0.25, -0.2) is 4.98 Å². The number of ether oxygens (including phenoxy) is 1. The number of nitrogens with one attached hydrogen (secondary N) is 1. The van der Waals surface area contributed by atoms with Gasteiger partial charge in [0.2, 0.25) is 5.82 Å². The van der Waals surface area contributed by atoms with Gasteiger partial charge in [-0.15, -0.1) is 0 Å². The zero-order valence-corrected chi connectivity index (χ0v) is 11.8. The molecule has 1 heterocycles. The van der Waals surface area contributed by atoms with Crippen LogP contribution in [0.5, 0.6) is 5.88 Å². The summed E-state index contributed by atoms with van der Waals surface area (Å²) in [5, 5.41) is 14.1. The molecular formula is C12H20N4O3. The number of nitro groups is 1. The second-order valence-corrected chi connectivity index (χ2v) is 4.78. The highest BCUT2D eigenvalue weighted by Crippen LogP contribution is 2.33. The Morgan fingerprint density at radius 2 is 2.11 bits per heavy atom. The largest absolute Gasteiger partial charge is 0.467 e. The molecule has 0 radical (unpaired) electrons. The third kappa shape index (κ3) is 4.04. The van der Waals surface area contributed by atoms with E-state index in [4.69, 9.17) is 4.74 Å². The van der Waals surface area contributed by atoms with Crippen LogP contribution < -0.4 is 10.1 Å². The summed E-state index contributed by atoms with van der Waals surface area (Å²) >= 11 is 0. The summed E-state index contributed by atoms with van der Waals surface area (Å²) in [5.41, 5.74) is -0.723. The molecule has 1 N–H and O–H groups in total. The predicted octanol–water partition coefficient (Wildman–Crippen LogP) is 2.77. The molecule has 0 saturated carbocycles. The van der Waals surface area contributed by atoms with E-state index in [0.29, 0.717) is 13.0 Å². The van der Waals surface area contributed by atoms with Gasteiger partial charge < -0.3 is 10.1 Å². The van der Waals surface area contributed by atoms with Gasteiger partial charge in [0, 0.05) is 6.54 Å². The van der Waals surface area contributed by atoms with Gasteiger partial charge in [0.1, 0.15) is 11.9 Å². The van der Waals surface area contributed by atoms with Crippen LogP contribution in [-0.2, 0) is 0 Å². The topological polar surface area (TPSA) is 90.2 Å². The lowest BCUT2D eigenvalue weighted by Gasteiger charge is -2.23. The molecule has 7 heteroatoms. The molecule has 0 aromatic carbocycles. The third-order valence-electron chi connectivity index (χ3n) is 2.74. The Hall–Kier alpha value is -1.92. The number of hydrogen-bond acceptors (Lipinski definition) is 6. The van der Waals surface area contributed by atoms with Gasteiger partial charge in [0.05, 0.1) is 4.92 Å². The first-order valence-electron chi connectivity index (χ1n) is 6.33.